The van der Waals surface area contributed by atoms with Crippen LogP contribution in [0.3, 0.4) is 0 Å². The molecule has 98 valence electrons. The van der Waals surface area contributed by atoms with Gasteiger partial charge in [0.25, 0.3) is 0 Å². The molecule has 0 aliphatic heterocycles. The Balaban J connectivity index is 2.05. The number of nitrogens with two attached hydrogens (primary N) is 1. The van der Waals surface area contributed by atoms with Gasteiger partial charge in [-0.3, -0.25) is 4.79 Å². The number of carbonyl (C=O) groups excluding carboxylic acids is 1. The van der Waals surface area contributed by atoms with E-state index in [1.54, 1.807) is 42.5 Å². The lowest BCUT2D eigenvalue weighted by molar-refractivity contribution is -0.115. The number of para-hydroxylation sites is 1. The molecule has 0 heterocycles. The number of amides is 1. The zero-order valence-electron chi connectivity index (χ0n) is 10.1. The first-order chi connectivity index (χ1) is 9.06. The standard InChI is InChI=1S/C14H13BrN2O2/c15-11-6-5-10(8-12(11)16)17-14(19)7-9-3-1-2-4-13(9)18/h1-6,8,18H,7,16H2,(H,17,19). The molecule has 2 aromatic carbocycles. The number of aromatic hydroxyl groups is 1. The zero-order valence-corrected chi connectivity index (χ0v) is 11.6. The molecule has 5 heteroatoms. The lowest BCUT2D eigenvalue weighted by Crippen LogP contribution is -2.14. The van der Waals surface area contributed by atoms with E-state index in [1.807, 2.05) is 0 Å². The SMILES string of the molecule is Nc1cc(NC(=O)Cc2ccccc2O)ccc1Br. The summed E-state index contributed by atoms with van der Waals surface area (Å²) in [6, 6.07) is 12.0. The van der Waals surface area contributed by atoms with Crippen LogP contribution in [0.5, 0.6) is 5.75 Å². The van der Waals surface area contributed by atoms with Gasteiger partial charge in [-0.25, -0.2) is 0 Å². The molecule has 0 aliphatic carbocycles. The normalized spacial score (nSPS) is 10.2. The maximum atomic E-state index is 11.9. The van der Waals surface area contributed by atoms with E-state index in [-0.39, 0.29) is 18.1 Å². The highest BCUT2D eigenvalue weighted by Crippen LogP contribution is 2.23. The highest BCUT2D eigenvalue weighted by atomic mass is 79.9. The number of rotatable bonds is 3. The van der Waals surface area contributed by atoms with Crippen LogP contribution in [0.25, 0.3) is 0 Å². The third-order valence-corrected chi connectivity index (χ3v) is 3.34. The number of halogens is 1. The number of benzene rings is 2. The van der Waals surface area contributed by atoms with E-state index in [4.69, 9.17) is 5.73 Å². The number of hydrogen-bond donors (Lipinski definition) is 3. The maximum absolute atomic E-state index is 11.9. The van der Waals surface area contributed by atoms with Crippen LogP contribution in [0.4, 0.5) is 11.4 Å². The first-order valence-corrected chi connectivity index (χ1v) is 6.47. The van der Waals surface area contributed by atoms with Gasteiger partial charge in [0.05, 0.1) is 6.42 Å². The summed E-state index contributed by atoms with van der Waals surface area (Å²) in [5.41, 5.74) is 7.50. The van der Waals surface area contributed by atoms with Crippen molar-refractivity contribution in [3.05, 3.63) is 52.5 Å². The Hall–Kier alpha value is -2.01. The number of nitrogen functional groups attached to an aromatic ring is 1. The van der Waals surface area contributed by atoms with Crippen molar-refractivity contribution in [2.24, 2.45) is 0 Å². The third-order valence-electron chi connectivity index (χ3n) is 2.62. The third kappa shape index (κ3) is 3.48. The predicted molar refractivity (Wildman–Crippen MR) is 79.0 cm³/mol. The second kappa shape index (κ2) is 5.75. The Bertz CT molecular complexity index is 614. The molecule has 2 aromatic rings. The monoisotopic (exact) mass is 320 g/mol. The van der Waals surface area contributed by atoms with Crippen molar-refractivity contribution in [3.63, 3.8) is 0 Å². The Morgan fingerprint density at radius 2 is 2.00 bits per heavy atom. The van der Waals surface area contributed by atoms with E-state index in [0.29, 0.717) is 16.9 Å². The highest BCUT2D eigenvalue weighted by Gasteiger charge is 2.08. The minimum Gasteiger partial charge on any atom is -0.508 e. The van der Waals surface area contributed by atoms with Crippen LogP contribution in [-0.2, 0) is 11.2 Å². The lowest BCUT2D eigenvalue weighted by Gasteiger charge is -2.08. The first kappa shape index (κ1) is 13.4. The Morgan fingerprint density at radius 3 is 2.68 bits per heavy atom. The summed E-state index contributed by atoms with van der Waals surface area (Å²) in [7, 11) is 0. The van der Waals surface area contributed by atoms with E-state index >= 15 is 0 Å². The van der Waals surface area contributed by atoms with Crippen LogP contribution >= 0.6 is 15.9 Å². The van der Waals surface area contributed by atoms with Gasteiger partial charge in [0, 0.05) is 21.4 Å². The topological polar surface area (TPSA) is 75.3 Å². The van der Waals surface area contributed by atoms with E-state index in [0.717, 1.165) is 4.47 Å². The zero-order chi connectivity index (χ0) is 13.8. The van der Waals surface area contributed by atoms with Gasteiger partial charge in [0.2, 0.25) is 5.91 Å². The van der Waals surface area contributed by atoms with Crippen LogP contribution in [0.2, 0.25) is 0 Å². The van der Waals surface area contributed by atoms with Gasteiger partial charge >= 0.3 is 0 Å². The number of anilines is 2. The molecule has 0 atom stereocenters. The average Bonchev–Trinajstić information content (AvgIpc) is 2.37. The van der Waals surface area contributed by atoms with Gasteiger partial charge in [0.15, 0.2) is 0 Å². The fourth-order valence-corrected chi connectivity index (χ4v) is 1.91. The van der Waals surface area contributed by atoms with Gasteiger partial charge in [-0.15, -0.1) is 0 Å². The van der Waals surface area contributed by atoms with Gasteiger partial charge in [0.1, 0.15) is 5.75 Å². The average molecular weight is 321 g/mol. The summed E-state index contributed by atoms with van der Waals surface area (Å²) in [5.74, 6) is -0.0869. The maximum Gasteiger partial charge on any atom is 0.228 e. The Morgan fingerprint density at radius 1 is 1.26 bits per heavy atom. The van der Waals surface area contributed by atoms with Gasteiger partial charge in [-0.2, -0.15) is 0 Å². The van der Waals surface area contributed by atoms with Crippen molar-refractivity contribution in [1.29, 1.82) is 0 Å². The number of phenols is 1. The lowest BCUT2D eigenvalue weighted by atomic mass is 10.1. The van der Waals surface area contributed by atoms with E-state index < -0.39 is 0 Å². The smallest absolute Gasteiger partial charge is 0.228 e. The molecule has 0 saturated carbocycles. The van der Waals surface area contributed by atoms with Crippen LogP contribution in [0.1, 0.15) is 5.56 Å². The Kier molecular flexibility index (Phi) is 4.06. The fraction of sp³-hybridized carbons (Fsp3) is 0.0714. The minimum absolute atomic E-state index is 0.114. The second-order valence-corrected chi connectivity index (χ2v) is 4.94. The first-order valence-electron chi connectivity index (χ1n) is 5.68. The molecule has 0 unspecified atom stereocenters. The van der Waals surface area contributed by atoms with Crippen molar-refractivity contribution < 1.29 is 9.90 Å². The van der Waals surface area contributed by atoms with E-state index in [1.165, 1.54) is 0 Å². The van der Waals surface area contributed by atoms with Crippen molar-refractivity contribution in [2.75, 3.05) is 11.1 Å². The molecule has 0 fully saturated rings. The van der Waals surface area contributed by atoms with E-state index in [9.17, 15) is 9.90 Å². The van der Waals surface area contributed by atoms with Gasteiger partial charge in [-0.05, 0) is 40.2 Å². The summed E-state index contributed by atoms with van der Waals surface area (Å²) in [5, 5.41) is 12.3. The molecule has 0 aliphatic rings. The van der Waals surface area contributed by atoms with E-state index in [2.05, 4.69) is 21.2 Å². The van der Waals surface area contributed by atoms with Crippen LogP contribution in [-0.4, -0.2) is 11.0 Å². The molecular formula is C14H13BrN2O2. The molecule has 19 heavy (non-hydrogen) atoms. The molecule has 0 radical (unpaired) electrons. The largest absolute Gasteiger partial charge is 0.508 e. The Labute approximate surface area is 119 Å². The molecule has 4 N–H and O–H groups in total. The molecule has 2 rings (SSSR count). The van der Waals surface area contributed by atoms with Crippen molar-refractivity contribution in [1.82, 2.24) is 0 Å². The van der Waals surface area contributed by atoms with Crippen LogP contribution in [0.15, 0.2) is 46.9 Å². The summed E-state index contributed by atoms with van der Waals surface area (Å²) < 4.78 is 0.784. The summed E-state index contributed by atoms with van der Waals surface area (Å²) in [4.78, 5) is 11.9. The molecule has 0 spiro atoms. The molecular weight excluding hydrogens is 308 g/mol. The summed E-state index contributed by atoms with van der Waals surface area (Å²) in [6.07, 6.45) is 0.114. The predicted octanol–water partition coefficient (Wildman–Crippen LogP) is 2.92. The molecule has 4 nitrogen and oxygen atoms in total. The highest BCUT2D eigenvalue weighted by molar-refractivity contribution is 9.10. The summed E-state index contributed by atoms with van der Waals surface area (Å²) in [6.45, 7) is 0. The minimum atomic E-state index is -0.205. The molecule has 0 bridgehead atoms. The fourth-order valence-electron chi connectivity index (χ4n) is 1.66. The van der Waals surface area contributed by atoms with Crippen molar-refractivity contribution in [2.45, 2.75) is 6.42 Å². The van der Waals surface area contributed by atoms with Crippen LogP contribution < -0.4 is 11.1 Å². The quantitative estimate of drug-likeness (QED) is 0.761. The van der Waals surface area contributed by atoms with Gasteiger partial charge < -0.3 is 16.2 Å². The molecule has 0 aromatic heterocycles. The number of phenolic OH excluding ortho intramolecular Hbond substituents is 1. The number of hydrogen-bond acceptors (Lipinski definition) is 3. The van der Waals surface area contributed by atoms with Gasteiger partial charge in [-0.1, -0.05) is 18.2 Å². The van der Waals surface area contributed by atoms with Crippen molar-refractivity contribution in [3.8, 4) is 5.75 Å². The molecule has 1 amide bonds. The second-order valence-electron chi connectivity index (χ2n) is 4.09. The number of carbonyl (C=O) groups is 1. The van der Waals surface area contributed by atoms with Crippen molar-refractivity contribution >= 4 is 33.2 Å². The van der Waals surface area contributed by atoms with Crippen LogP contribution in [0, 0.1) is 0 Å². The molecule has 0 saturated heterocycles. The summed E-state index contributed by atoms with van der Waals surface area (Å²) >= 11 is 3.29. The number of nitrogens with one attached hydrogen (secondary N) is 1.